The van der Waals surface area contributed by atoms with Gasteiger partial charge in [0.05, 0.1) is 11.0 Å². The average molecular weight is 647 g/mol. The van der Waals surface area contributed by atoms with Crippen LogP contribution in [0.3, 0.4) is 0 Å². The Kier molecular flexibility index (Phi) is 5.33. The van der Waals surface area contributed by atoms with Gasteiger partial charge in [0.15, 0.2) is 0 Å². The van der Waals surface area contributed by atoms with Gasteiger partial charge in [0.1, 0.15) is 11.2 Å². The summed E-state index contributed by atoms with van der Waals surface area (Å²) >= 11 is 0. The van der Waals surface area contributed by atoms with Crippen LogP contribution in [-0.2, 0) is 10.8 Å². The van der Waals surface area contributed by atoms with E-state index in [2.05, 4.69) is 154 Å². The molecule has 0 N–H and O–H groups in total. The fourth-order valence-corrected chi connectivity index (χ4v) is 10.0. The number of aromatic nitrogens is 1. The Morgan fingerprint density at radius 1 is 0.640 bits per heavy atom. The molecule has 6 aromatic carbocycles. The van der Waals surface area contributed by atoms with E-state index in [1.807, 2.05) is 0 Å². The zero-order valence-electron chi connectivity index (χ0n) is 29.6. The van der Waals surface area contributed by atoms with E-state index in [0.29, 0.717) is 0 Å². The average Bonchev–Trinajstić information content (AvgIpc) is 3.65. The molecule has 2 aromatic heterocycles. The van der Waals surface area contributed by atoms with Crippen LogP contribution < -0.4 is 15.7 Å². The molecule has 0 saturated carbocycles. The molecule has 0 spiro atoms. The lowest BCUT2D eigenvalue weighted by Gasteiger charge is -2.45. The molecule has 0 unspecified atom stereocenters. The molecule has 4 heteroatoms. The first-order chi connectivity index (χ1) is 24.1. The second kappa shape index (κ2) is 9.31. The Morgan fingerprint density at radius 2 is 1.36 bits per heavy atom. The largest absolute Gasteiger partial charge is 0.455 e. The summed E-state index contributed by atoms with van der Waals surface area (Å²) in [6.45, 7) is 14.3. The zero-order valence-corrected chi connectivity index (χ0v) is 29.6. The lowest BCUT2D eigenvalue weighted by Crippen LogP contribution is -2.60. The third kappa shape index (κ3) is 3.47. The van der Waals surface area contributed by atoms with E-state index in [1.165, 1.54) is 101 Å². The van der Waals surface area contributed by atoms with E-state index >= 15 is 0 Å². The van der Waals surface area contributed by atoms with Gasteiger partial charge in [-0.25, -0.2) is 0 Å². The van der Waals surface area contributed by atoms with E-state index < -0.39 is 0 Å². The zero-order chi connectivity index (χ0) is 33.8. The van der Waals surface area contributed by atoms with E-state index in [9.17, 15) is 0 Å². The van der Waals surface area contributed by atoms with E-state index in [1.54, 1.807) is 0 Å². The fourth-order valence-electron chi connectivity index (χ4n) is 10.0. The molecule has 11 rings (SSSR count). The Labute approximate surface area is 293 Å². The van der Waals surface area contributed by atoms with Crippen LogP contribution in [0.5, 0.6) is 0 Å². The topological polar surface area (TPSA) is 21.3 Å². The van der Waals surface area contributed by atoms with Crippen molar-refractivity contribution < 1.29 is 4.42 Å². The lowest BCUT2D eigenvalue weighted by molar-refractivity contribution is 0.332. The number of benzene rings is 6. The Morgan fingerprint density at radius 3 is 2.18 bits per heavy atom. The first-order valence-corrected chi connectivity index (χ1v) is 18.2. The highest BCUT2D eigenvalue weighted by atomic mass is 16.3. The highest BCUT2D eigenvalue weighted by molar-refractivity contribution is 6.93. The van der Waals surface area contributed by atoms with Crippen LogP contribution in [0.1, 0.15) is 62.8 Å². The molecule has 50 heavy (non-hydrogen) atoms. The number of hydrogen-bond donors (Lipinski definition) is 0. The van der Waals surface area contributed by atoms with Crippen molar-refractivity contribution in [1.82, 2.24) is 4.57 Å². The molecule has 1 aliphatic carbocycles. The number of furan rings is 1. The Bertz CT molecular complexity index is 2810. The summed E-state index contributed by atoms with van der Waals surface area (Å²) < 4.78 is 9.44. The van der Waals surface area contributed by atoms with E-state index in [0.717, 1.165) is 16.6 Å². The van der Waals surface area contributed by atoms with Crippen molar-refractivity contribution >= 4 is 72.9 Å². The number of aryl methyl sites for hydroxylation is 2. The summed E-state index contributed by atoms with van der Waals surface area (Å²) in [7, 11) is 0. The molecule has 0 radical (unpaired) electrons. The highest BCUT2D eigenvalue weighted by Crippen LogP contribution is 2.52. The molecule has 3 nitrogen and oxygen atoms in total. The van der Waals surface area contributed by atoms with Crippen molar-refractivity contribution in [3.63, 3.8) is 0 Å². The SMILES string of the molecule is Cc1cc2c3c(c1)-n1c4ccccc4c4cccc(c41)B3N(c1cc3c(cc1C)C(C)(C)CCC3(C)C)c1ccc3c(oc4ccccc43)c1-2. The maximum absolute atomic E-state index is 6.89. The number of anilines is 2. The van der Waals surface area contributed by atoms with Crippen molar-refractivity contribution in [2.45, 2.75) is 65.2 Å². The first-order valence-electron chi connectivity index (χ1n) is 18.2. The van der Waals surface area contributed by atoms with E-state index in [4.69, 9.17) is 4.42 Å². The molecule has 0 fully saturated rings. The third-order valence-corrected chi connectivity index (χ3v) is 12.6. The van der Waals surface area contributed by atoms with Crippen molar-refractivity contribution in [3.8, 4) is 16.8 Å². The number of fused-ring (bicyclic) bond motifs is 12. The first kappa shape index (κ1) is 28.6. The molecular formula is C46H39BN2O. The molecule has 0 saturated heterocycles. The van der Waals surface area contributed by atoms with Crippen molar-refractivity contribution in [1.29, 1.82) is 0 Å². The van der Waals surface area contributed by atoms with Gasteiger partial charge in [-0.15, -0.1) is 0 Å². The van der Waals surface area contributed by atoms with Gasteiger partial charge in [-0.05, 0) is 113 Å². The summed E-state index contributed by atoms with van der Waals surface area (Å²) in [5.41, 5.74) is 19.2. The van der Waals surface area contributed by atoms with Crippen LogP contribution in [-0.4, -0.2) is 11.4 Å². The summed E-state index contributed by atoms with van der Waals surface area (Å²) in [4.78, 5) is 2.69. The molecule has 0 atom stereocenters. The van der Waals surface area contributed by atoms with Crippen molar-refractivity contribution in [2.24, 2.45) is 0 Å². The molecule has 4 heterocycles. The summed E-state index contributed by atoms with van der Waals surface area (Å²) in [5, 5.41) is 4.95. The van der Waals surface area contributed by atoms with Crippen LogP contribution in [0, 0.1) is 13.8 Å². The quantitative estimate of drug-likeness (QED) is 0.166. The number of hydrogen-bond acceptors (Lipinski definition) is 2. The minimum Gasteiger partial charge on any atom is -0.455 e. The summed E-state index contributed by atoms with van der Waals surface area (Å²) in [5.74, 6) is 0. The van der Waals surface area contributed by atoms with Crippen molar-refractivity contribution in [3.05, 3.63) is 125 Å². The molecule has 0 amide bonds. The minimum absolute atomic E-state index is 0.00750. The van der Waals surface area contributed by atoms with Gasteiger partial charge in [0, 0.05) is 44.2 Å². The molecular weight excluding hydrogens is 607 g/mol. The molecule has 242 valence electrons. The summed E-state index contributed by atoms with van der Waals surface area (Å²) in [6.07, 6.45) is 2.38. The Hall–Kier alpha value is -5.22. The number of rotatable bonds is 1. The highest BCUT2D eigenvalue weighted by Gasteiger charge is 2.46. The maximum atomic E-state index is 6.89. The van der Waals surface area contributed by atoms with Gasteiger partial charge in [0.25, 0.3) is 0 Å². The smallest absolute Gasteiger partial charge is 0.333 e. The van der Waals surface area contributed by atoms with Gasteiger partial charge in [0.2, 0.25) is 0 Å². The second-order valence-corrected chi connectivity index (χ2v) is 16.5. The van der Waals surface area contributed by atoms with Gasteiger partial charge in [-0.2, -0.15) is 0 Å². The lowest BCUT2D eigenvalue weighted by atomic mass is 9.43. The normalized spacial score (nSPS) is 16.7. The molecule has 0 bridgehead atoms. The standard InChI is InChI=1S/C46H39BN2O/c1-26-22-32-41-37(19-18-31-29-13-8-10-17-40(29)50-44(31)41)49(38-25-34-33(24-27(38)2)45(3,4)20-21-46(34,5)6)47-35-15-11-14-30-28-12-7-9-16-36(28)48(43(30)35)39(23-26)42(32)47/h7-19,22-25H,20-21H2,1-6H3. The molecule has 2 aliphatic heterocycles. The van der Waals surface area contributed by atoms with Crippen molar-refractivity contribution in [2.75, 3.05) is 4.81 Å². The van der Waals surface area contributed by atoms with Crippen LogP contribution in [0.15, 0.2) is 108 Å². The van der Waals surface area contributed by atoms with Gasteiger partial charge in [-0.3, -0.25) is 0 Å². The van der Waals surface area contributed by atoms with Crippen LogP contribution in [0.25, 0.3) is 60.6 Å². The van der Waals surface area contributed by atoms with Gasteiger partial charge >= 0.3 is 6.85 Å². The third-order valence-electron chi connectivity index (χ3n) is 12.6. The monoisotopic (exact) mass is 646 g/mol. The fraction of sp³-hybridized carbons (Fsp3) is 0.217. The van der Waals surface area contributed by atoms with E-state index in [-0.39, 0.29) is 17.7 Å². The maximum Gasteiger partial charge on any atom is 0.333 e. The Balaban J connectivity index is 1.33. The predicted molar refractivity (Wildman–Crippen MR) is 212 cm³/mol. The van der Waals surface area contributed by atoms with Gasteiger partial charge in [-0.1, -0.05) is 94.4 Å². The van der Waals surface area contributed by atoms with Gasteiger partial charge < -0.3 is 13.8 Å². The molecule has 3 aliphatic rings. The van der Waals surface area contributed by atoms with Crippen LogP contribution in [0.2, 0.25) is 0 Å². The molecule has 8 aromatic rings. The number of para-hydroxylation sites is 3. The second-order valence-electron chi connectivity index (χ2n) is 16.5. The van der Waals surface area contributed by atoms with Crippen LogP contribution in [0.4, 0.5) is 11.4 Å². The van der Waals surface area contributed by atoms with Crippen LogP contribution >= 0.6 is 0 Å². The minimum atomic E-state index is -0.00750. The summed E-state index contributed by atoms with van der Waals surface area (Å²) in [6, 6.07) is 39.0. The number of nitrogens with zero attached hydrogens (tertiary/aromatic N) is 2. The predicted octanol–water partition coefficient (Wildman–Crippen LogP) is 10.9.